The molecule has 0 fully saturated rings. The van der Waals surface area contributed by atoms with Crippen molar-refractivity contribution in [1.29, 1.82) is 0 Å². The van der Waals surface area contributed by atoms with Crippen molar-refractivity contribution < 1.29 is 9.53 Å². The third-order valence-electron chi connectivity index (χ3n) is 3.61. The third-order valence-corrected chi connectivity index (χ3v) is 3.61. The SMILES string of the molecule is CC(C)c1ccccc1OC(C)(C)C(=O)NCc1ccccn1. The summed E-state index contributed by atoms with van der Waals surface area (Å²) in [7, 11) is 0. The van der Waals surface area contributed by atoms with Gasteiger partial charge in [0, 0.05) is 6.20 Å². The molecule has 0 aliphatic rings. The first-order chi connectivity index (χ1) is 10.9. The average Bonchev–Trinajstić information content (AvgIpc) is 2.53. The van der Waals surface area contributed by atoms with Gasteiger partial charge in [0.2, 0.25) is 0 Å². The number of pyridine rings is 1. The highest BCUT2D eigenvalue weighted by molar-refractivity contribution is 5.84. The Bertz CT molecular complexity index is 651. The fourth-order valence-corrected chi connectivity index (χ4v) is 2.26. The van der Waals surface area contributed by atoms with E-state index >= 15 is 0 Å². The maximum absolute atomic E-state index is 12.5. The molecular weight excluding hydrogens is 288 g/mol. The van der Waals surface area contributed by atoms with Crippen LogP contribution < -0.4 is 10.1 Å². The quantitative estimate of drug-likeness (QED) is 0.885. The smallest absolute Gasteiger partial charge is 0.263 e. The number of ether oxygens (including phenoxy) is 1. The Morgan fingerprint density at radius 2 is 1.87 bits per heavy atom. The van der Waals surface area contributed by atoms with E-state index in [9.17, 15) is 4.79 Å². The minimum atomic E-state index is -0.959. The average molecular weight is 312 g/mol. The molecule has 0 saturated carbocycles. The number of carbonyl (C=O) groups is 1. The summed E-state index contributed by atoms with van der Waals surface area (Å²) in [5, 5.41) is 2.88. The molecule has 0 saturated heterocycles. The van der Waals surface area contributed by atoms with Gasteiger partial charge in [-0.3, -0.25) is 9.78 Å². The molecule has 0 spiro atoms. The van der Waals surface area contributed by atoms with E-state index in [0.29, 0.717) is 12.5 Å². The van der Waals surface area contributed by atoms with Crippen molar-refractivity contribution in [1.82, 2.24) is 10.3 Å². The Morgan fingerprint density at radius 1 is 1.17 bits per heavy atom. The van der Waals surface area contributed by atoms with Gasteiger partial charge in [-0.05, 0) is 43.5 Å². The molecule has 1 N–H and O–H groups in total. The van der Waals surface area contributed by atoms with Crippen LogP contribution in [-0.2, 0) is 11.3 Å². The number of nitrogens with one attached hydrogen (secondary N) is 1. The van der Waals surface area contributed by atoms with Gasteiger partial charge in [0.25, 0.3) is 5.91 Å². The highest BCUT2D eigenvalue weighted by atomic mass is 16.5. The zero-order valence-corrected chi connectivity index (χ0v) is 14.2. The molecule has 0 aliphatic carbocycles. The topological polar surface area (TPSA) is 51.2 Å². The molecular formula is C19H24N2O2. The Morgan fingerprint density at radius 3 is 2.52 bits per heavy atom. The zero-order chi connectivity index (χ0) is 16.9. The van der Waals surface area contributed by atoms with Gasteiger partial charge in [-0.2, -0.15) is 0 Å². The van der Waals surface area contributed by atoms with E-state index in [1.165, 1.54) is 0 Å². The predicted octanol–water partition coefficient (Wildman–Crippen LogP) is 3.68. The van der Waals surface area contributed by atoms with Crippen molar-refractivity contribution in [2.45, 2.75) is 45.8 Å². The van der Waals surface area contributed by atoms with E-state index in [1.807, 2.05) is 42.5 Å². The number of hydrogen-bond acceptors (Lipinski definition) is 3. The lowest BCUT2D eigenvalue weighted by atomic mass is 10.0. The van der Waals surface area contributed by atoms with Crippen molar-refractivity contribution in [3.05, 3.63) is 59.9 Å². The first-order valence-electron chi connectivity index (χ1n) is 7.86. The largest absolute Gasteiger partial charge is 0.478 e. The fraction of sp³-hybridized carbons (Fsp3) is 0.368. The van der Waals surface area contributed by atoms with Gasteiger partial charge in [0.1, 0.15) is 5.75 Å². The number of carbonyl (C=O) groups excluding carboxylic acids is 1. The van der Waals surface area contributed by atoms with Gasteiger partial charge in [0.15, 0.2) is 5.60 Å². The summed E-state index contributed by atoms with van der Waals surface area (Å²) in [6, 6.07) is 13.5. The van der Waals surface area contributed by atoms with Crippen LogP contribution in [0.1, 0.15) is 44.9 Å². The number of para-hydroxylation sites is 1. The van der Waals surface area contributed by atoms with Gasteiger partial charge >= 0.3 is 0 Å². The van der Waals surface area contributed by atoms with E-state index in [1.54, 1.807) is 20.0 Å². The molecule has 1 aromatic carbocycles. The minimum Gasteiger partial charge on any atom is -0.478 e. The molecule has 0 aliphatic heterocycles. The summed E-state index contributed by atoms with van der Waals surface area (Å²) in [5.74, 6) is 0.917. The lowest BCUT2D eigenvalue weighted by Crippen LogP contribution is -2.46. The lowest BCUT2D eigenvalue weighted by Gasteiger charge is -2.27. The molecule has 4 nitrogen and oxygen atoms in total. The molecule has 0 atom stereocenters. The van der Waals surface area contributed by atoms with Crippen molar-refractivity contribution >= 4 is 5.91 Å². The van der Waals surface area contributed by atoms with E-state index in [2.05, 4.69) is 24.1 Å². The molecule has 4 heteroatoms. The number of benzene rings is 1. The minimum absolute atomic E-state index is 0.165. The van der Waals surface area contributed by atoms with Gasteiger partial charge in [-0.15, -0.1) is 0 Å². The standard InChI is InChI=1S/C19H24N2O2/c1-14(2)16-10-5-6-11-17(16)23-19(3,4)18(22)21-13-15-9-7-8-12-20-15/h5-12,14H,13H2,1-4H3,(H,21,22). The highest BCUT2D eigenvalue weighted by Gasteiger charge is 2.30. The fourth-order valence-electron chi connectivity index (χ4n) is 2.26. The molecule has 23 heavy (non-hydrogen) atoms. The van der Waals surface area contributed by atoms with Crippen molar-refractivity contribution in [2.24, 2.45) is 0 Å². The molecule has 0 radical (unpaired) electrons. The zero-order valence-electron chi connectivity index (χ0n) is 14.2. The van der Waals surface area contributed by atoms with Crippen LogP contribution in [0.3, 0.4) is 0 Å². The number of nitrogens with zero attached hydrogens (tertiary/aromatic N) is 1. The Labute approximate surface area is 137 Å². The Balaban J connectivity index is 2.05. The normalized spacial score (nSPS) is 11.3. The molecule has 122 valence electrons. The van der Waals surface area contributed by atoms with Crippen LogP contribution in [-0.4, -0.2) is 16.5 Å². The molecule has 2 aromatic rings. The van der Waals surface area contributed by atoms with Crippen LogP contribution in [0, 0.1) is 0 Å². The van der Waals surface area contributed by atoms with Crippen LogP contribution in [0.25, 0.3) is 0 Å². The monoisotopic (exact) mass is 312 g/mol. The summed E-state index contributed by atoms with van der Waals surface area (Å²) in [6.45, 7) is 8.15. The predicted molar refractivity (Wildman–Crippen MR) is 91.3 cm³/mol. The maximum Gasteiger partial charge on any atom is 0.263 e. The summed E-state index contributed by atoms with van der Waals surface area (Å²) in [6.07, 6.45) is 1.71. The second-order valence-electron chi connectivity index (χ2n) is 6.31. The van der Waals surface area contributed by atoms with Crippen molar-refractivity contribution in [3.8, 4) is 5.75 Å². The van der Waals surface area contributed by atoms with E-state index in [0.717, 1.165) is 17.0 Å². The van der Waals surface area contributed by atoms with Gasteiger partial charge in [-0.1, -0.05) is 38.1 Å². The molecule has 1 aromatic heterocycles. The summed E-state index contributed by atoms with van der Waals surface area (Å²) in [4.78, 5) is 16.7. The van der Waals surface area contributed by atoms with Crippen molar-refractivity contribution in [2.75, 3.05) is 0 Å². The molecule has 1 amide bonds. The summed E-state index contributed by atoms with van der Waals surface area (Å²) in [5.41, 5.74) is 0.956. The van der Waals surface area contributed by atoms with Gasteiger partial charge < -0.3 is 10.1 Å². The Kier molecular flexibility index (Phi) is 5.37. The molecule has 0 unspecified atom stereocenters. The highest BCUT2D eigenvalue weighted by Crippen LogP contribution is 2.29. The van der Waals surface area contributed by atoms with Gasteiger partial charge in [-0.25, -0.2) is 0 Å². The first-order valence-corrected chi connectivity index (χ1v) is 7.86. The molecule has 0 bridgehead atoms. The van der Waals surface area contributed by atoms with Crippen LogP contribution in [0.15, 0.2) is 48.7 Å². The number of amides is 1. The first kappa shape index (κ1) is 17.0. The number of rotatable bonds is 6. The molecule has 2 rings (SSSR count). The van der Waals surface area contributed by atoms with Crippen molar-refractivity contribution in [3.63, 3.8) is 0 Å². The third kappa shape index (κ3) is 4.55. The number of aromatic nitrogens is 1. The maximum atomic E-state index is 12.5. The van der Waals surface area contributed by atoms with Crippen LogP contribution in [0.5, 0.6) is 5.75 Å². The second-order valence-corrected chi connectivity index (χ2v) is 6.31. The Hall–Kier alpha value is -2.36. The number of hydrogen-bond donors (Lipinski definition) is 1. The summed E-state index contributed by atoms with van der Waals surface area (Å²) < 4.78 is 6.01. The molecule has 1 heterocycles. The van der Waals surface area contributed by atoms with Crippen LogP contribution >= 0.6 is 0 Å². The second kappa shape index (κ2) is 7.27. The van der Waals surface area contributed by atoms with E-state index in [4.69, 9.17) is 4.74 Å². The van der Waals surface area contributed by atoms with Crippen LogP contribution in [0.4, 0.5) is 0 Å². The van der Waals surface area contributed by atoms with Gasteiger partial charge in [0.05, 0.1) is 12.2 Å². The lowest BCUT2D eigenvalue weighted by molar-refractivity contribution is -0.134. The van der Waals surface area contributed by atoms with Crippen LogP contribution in [0.2, 0.25) is 0 Å². The summed E-state index contributed by atoms with van der Waals surface area (Å²) >= 11 is 0. The van der Waals surface area contributed by atoms with E-state index in [-0.39, 0.29) is 5.91 Å². The van der Waals surface area contributed by atoms with E-state index < -0.39 is 5.60 Å².